The van der Waals surface area contributed by atoms with Crippen LogP contribution in [0.25, 0.3) is 0 Å². The lowest BCUT2D eigenvalue weighted by Crippen LogP contribution is -2.60. The van der Waals surface area contributed by atoms with Crippen molar-refractivity contribution in [3.05, 3.63) is 0 Å². The molecule has 0 aromatic heterocycles. The lowest BCUT2D eigenvalue weighted by Gasteiger charge is -2.35. The summed E-state index contributed by atoms with van der Waals surface area (Å²) in [5.74, 6) is -22.5. The molecule has 0 aromatic rings. The first-order valence-corrected chi connectivity index (χ1v) is 6.55. The van der Waals surface area contributed by atoms with E-state index < -0.39 is 61.0 Å². The van der Waals surface area contributed by atoms with Gasteiger partial charge in [-0.2, -0.15) is 87.8 Å². The third-order valence-electron chi connectivity index (χ3n) is 2.83. The van der Waals surface area contributed by atoms with Gasteiger partial charge in [-0.25, -0.2) is 9.47 Å². The maximum absolute atomic E-state index is 13.1. The SMILES string of the molecule is FC(F)(CC(F)(F)C(F)(F)OC(F)(F)C(F)(F)C(F)(F)F)OC(F)(F)C(F)(F)C(F)(F)F. The number of ether oxygens (including phenoxy) is 2. The molecule has 0 spiro atoms. The molecule has 0 amide bonds. The van der Waals surface area contributed by atoms with Crippen molar-refractivity contribution in [2.45, 2.75) is 61.0 Å². The average molecular weight is 534 g/mol. The van der Waals surface area contributed by atoms with Crippen LogP contribution in [0.4, 0.5) is 87.8 Å². The summed E-state index contributed by atoms with van der Waals surface area (Å²) in [7, 11) is 0. The van der Waals surface area contributed by atoms with Crippen LogP contribution in [0.3, 0.4) is 0 Å². The molecule has 0 saturated heterocycles. The Bertz CT molecular complexity index is 656. The largest absolute Gasteiger partial charge is 0.462 e. The first-order chi connectivity index (χ1) is 13.4. The molecule has 194 valence electrons. The van der Waals surface area contributed by atoms with E-state index >= 15 is 0 Å². The molecule has 0 heterocycles. The molecular formula is C10H2F20O2. The van der Waals surface area contributed by atoms with Crippen molar-refractivity contribution < 1.29 is 97.3 Å². The first kappa shape index (κ1) is 30.5. The molecule has 0 atom stereocenters. The second kappa shape index (κ2) is 7.79. The summed E-state index contributed by atoms with van der Waals surface area (Å²) < 4.78 is 251. The van der Waals surface area contributed by atoms with E-state index in [-0.39, 0.29) is 0 Å². The molecule has 2 nitrogen and oxygen atoms in total. The zero-order valence-electron chi connectivity index (χ0n) is 13.6. The van der Waals surface area contributed by atoms with Gasteiger partial charge in [-0.1, -0.05) is 0 Å². The maximum Gasteiger partial charge on any atom is 0.462 e. The first-order valence-electron chi connectivity index (χ1n) is 6.55. The molecule has 0 rings (SSSR count). The van der Waals surface area contributed by atoms with E-state index in [2.05, 4.69) is 0 Å². The summed E-state index contributed by atoms with van der Waals surface area (Å²) in [6.45, 7) is 0. The van der Waals surface area contributed by atoms with E-state index in [0.717, 1.165) is 0 Å². The number of hydrogen-bond donors (Lipinski definition) is 0. The zero-order valence-corrected chi connectivity index (χ0v) is 13.6. The Morgan fingerprint density at radius 2 is 0.656 bits per heavy atom. The Hall–Kier alpha value is -1.48. The minimum Gasteiger partial charge on any atom is -0.250 e. The van der Waals surface area contributed by atoms with Crippen molar-refractivity contribution in [2.24, 2.45) is 0 Å². The lowest BCUT2D eigenvalue weighted by molar-refractivity contribution is -0.508. The minimum absolute atomic E-state index is 1.29. The highest BCUT2D eigenvalue weighted by atomic mass is 19.4. The highest BCUT2D eigenvalue weighted by Crippen LogP contribution is 2.54. The molecule has 0 fully saturated rings. The summed E-state index contributed by atoms with van der Waals surface area (Å²) in [6.07, 6.45) is -49.0. The molecule has 0 radical (unpaired) electrons. The standard InChI is InChI=1S/C10H2F20O2/c11-2(12,8(25,26)32-10(29,30)5(17,18)7(22,23)24)1-3(13,14)31-9(27,28)4(15,16)6(19,20)21/h1H2. The van der Waals surface area contributed by atoms with Gasteiger partial charge in [0.2, 0.25) is 0 Å². The van der Waals surface area contributed by atoms with Gasteiger partial charge in [-0.15, -0.1) is 0 Å². The Morgan fingerprint density at radius 1 is 0.375 bits per heavy atom. The van der Waals surface area contributed by atoms with Crippen LogP contribution in [-0.2, 0) is 9.47 Å². The van der Waals surface area contributed by atoms with Gasteiger partial charge >= 0.3 is 54.6 Å². The van der Waals surface area contributed by atoms with E-state index in [1.165, 1.54) is 9.47 Å². The minimum atomic E-state index is -7.68. The highest BCUT2D eigenvalue weighted by molar-refractivity contribution is 4.90. The van der Waals surface area contributed by atoms with Crippen molar-refractivity contribution in [3.63, 3.8) is 0 Å². The summed E-state index contributed by atoms with van der Waals surface area (Å²) in [4.78, 5) is 0. The van der Waals surface area contributed by atoms with Crippen LogP contribution in [-0.4, -0.2) is 54.6 Å². The zero-order chi connectivity index (χ0) is 26.6. The topological polar surface area (TPSA) is 18.5 Å². The molecule has 0 aliphatic rings. The third kappa shape index (κ3) is 5.71. The number of rotatable bonds is 9. The van der Waals surface area contributed by atoms with Crippen LogP contribution < -0.4 is 0 Å². The Morgan fingerprint density at radius 3 is 0.938 bits per heavy atom. The van der Waals surface area contributed by atoms with Crippen LogP contribution in [0.2, 0.25) is 0 Å². The summed E-state index contributed by atoms with van der Waals surface area (Å²) >= 11 is 0. The predicted octanol–water partition coefficient (Wildman–Crippen LogP) is 6.81. The maximum atomic E-state index is 13.1. The van der Waals surface area contributed by atoms with Gasteiger partial charge in [0.05, 0.1) is 0 Å². The molecule has 0 unspecified atom stereocenters. The van der Waals surface area contributed by atoms with Crippen LogP contribution in [0.15, 0.2) is 0 Å². The van der Waals surface area contributed by atoms with Crippen molar-refractivity contribution in [1.82, 2.24) is 0 Å². The third-order valence-corrected chi connectivity index (χ3v) is 2.83. The van der Waals surface area contributed by atoms with Crippen molar-refractivity contribution in [1.29, 1.82) is 0 Å². The molecular weight excluding hydrogens is 532 g/mol. The Kier molecular flexibility index (Phi) is 7.43. The fourth-order valence-corrected chi connectivity index (χ4v) is 1.28. The monoisotopic (exact) mass is 534 g/mol. The summed E-state index contributed by atoms with van der Waals surface area (Å²) in [5, 5.41) is 0. The van der Waals surface area contributed by atoms with Crippen LogP contribution in [0, 0.1) is 0 Å². The van der Waals surface area contributed by atoms with Gasteiger partial charge in [0.1, 0.15) is 6.42 Å². The molecule has 22 heteroatoms. The van der Waals surface area contributed by atoms with Crippen LogP contribution in [0.1, 0.15) is 6.42 Å². The second-order valence-corrected chi connectivity index (χ2v) is 5.42. The number of halogens is 20. The van der Waals surface area contributed by atoms with Gasteiger partial charge in [-0.3, -0.25) is 0 Å². The number of hydrogen-bond acceptors (Lipinski definition) is 2. The Balaban J connectivity index is 5.88. The van der Waals surface area contributed by atoms with Crippen LogP contribution >= 0.6 is 0 Å². The fraction of sp³-hybridized carbons (Fsp3) is 1.00. The van der Waals surface area contributed by atoms with Gasteiger partial charge in [-0.05, 0) is 0 Å². The fourth-order valence-electron chi connectivity index (χ4n) is 1.28. The lowest BCUT2D eigenvalue weighted by atomic mass is 10.2. The van der Waals surface area contributed by atoms with Crippen molar-refractivity contribution >= 4 is 0 Å². The molecule has 0 aliphatic heterocycles. The van der Waals surface area contributed by atoms with Crippen molar-refractivity contribution in [3.8, 4) is 0 Å². The van der Waals surface area contributed by atoms with Gasteiger partial charge in [0, 0.05) is 0 Å². The quantitative estimate of drug-likeness (QED) is 0.303. The Labute approximate surface area is 160 Å². The van der Waals surface area contributed by atoms with Gasteiger partial charge in [0.25, 0.3) is 0 Å². The van der Waals surface area contributed by atoms with Gasteiger partial charge in [0.15, 0.2) is 0 Å². The number of alkyl halides is 20. The van der Waals surface area contributed by atoms with E-state index in [4.69, 9.17) is 0 Å². The summed E-state index contributed by atoms with van der Waals surface area (Å²) in [5.41, 5.74) is 0. The predicted molar refractivity (Wildman–Crippen MR) is 53.5 cm³/mol. The van der Waals surface area contributed by atoms with E-state index in [0.29, 0.717) is 0 Å². The normalized spacial score (nSPS) is 16.5. The molecule has 0 aromatic carbocycles. The van der Waals surface area contributed by atoms with E-state index in [1.54, 1.807) is 0 Å². The highest BCUT2D eigenvalue weighted by Gasteiger charge is 2.80. The molecule has 0 N–H and O–H groups in total. The molecule has 0 aliphatic carbocycles. The smallest absolute Gasteiger partial charge is 0.250 e. The molecule has 0 bridgehead atoms. The van der Waals surface area contributed by atoms with E-state index in [1.807, 2.05) is 0 Å². The molecule has 32 heavy (non-hydrogen) atoms. The average Bonchev–Trinajstić information content (AvgIpc) is 2.40. The van der Waals surface area contributed by atoms with Gasteiger partial charge < -0.3 is 0 Å². The summed E-state index contributed by atoms with van der Waals surface area (Å²) in [6, 6.07) is 0. The molecule has 0 saturated carbocycles. The van der Waals surface area contributed by atoms with Crippen LogP contribution in [0.5, 0.6) is 0 Å². The van der Waals surface area contributed by atoms with Crippen molar-refractivity contribution in [2.75, 3.05) is 0 Å². The van der Waals surface area contributed by atoms with E-state index in [9.17, 15) is 87.8 Å². The second-order valence-electron chi connectivity index (χ2n) is 5.42.